The third kappa shape index (κ3) is 6.05. The van der Waals surface area contributed by atoms with Crippen LogP contribution in [0.5, 0.6) is 0 Å². The van der Waals surface area contributed by atoms with Gasteiger partial charge in [0, 0.05) is 22.5 Å². The van der Waals surface area contributed by atoms with Crippen LogP contribution in [0.1, 0.15) is 73.7 Å². The van der Waals surface area contributed by atoms with Crippen LogP contribution in [-0.2, 0) is 5.41 Å². The van der Waals surface area contributed by atoms with Crippen molar-refractivity contribution >= 4 is 23.2 Å². The molecule has 0 unspecified atom stereocenters. The van der Waals surface area contributed by atoms with Crippen LogP contribution in [0.15, 0.2) is 53.6 Å². The van der Waals surface area contributed by atoms with E-state index in [2.05, 4.69) is 43.5 Å². The van der Waals surface area contributed by atoms with E-state index in [0.29, 0.717) is 16.8 Å². The fraction of sp³-hybridized carbons (Fsp3) is 0.348. The number of anilines is 1. The van der Waals surface area contributed by atoms with Gasteiger partial charge in [0.05, 0.1) is 0 Å². The van der Waals surface area contributed by atoms with Crippen LogP contribution in [0, 0.1) is 0 Å². The number of nitrogens with zero attached hydrogens (tertiary/aromatic N) is 1. The van der Waals surface area contributed by atoms with Gasteiger partial charge in [0.2, 0.25) is 0 Å². The molecule has 0 aliphatic carbocycles. The van der Waals surface area contributed by atoms with Crippen molar-refractivity contribution in [2.45, 2.75) is 52.9 Å². The minimum atomic E-state index is -0.272. The fourth-order valence-corrected chi connectivity index (χ4v) is 2.66. The Labute approximate surface area is 167 Å². The molecule has 0 radical (unpaired) electrons. The van der Waals surface area contributed by atoms with Gasteiger partial charge in [0.25, 0.3) is 11.8 Å². The molecule has 5 nitrogen and oxygen atoms in total. The summed E-state index contributed by atoms with van der Waals surface area (Å²) in [5, 5.41) is 6.92. The molecule has 2 amide bonds. The van der Waals surface area contributed by atoms with Gasteiger partial charge in [-0.25, -0.2) is 5.43 Å². The highest BCUT2D eigenvalue weighted by Gasteiger charge is 2.14. The highest BCUT2D eigenvalue weighted by molar-refractivity contribution is 6.04. The Morgan fingerprint density at radius 3 is 1.96 bits per heavy atom. The number of hydrazone groups is 1. The van der Waals surface area contributed by atoms with Crippen LogP contribution in [0.2, 0.25) is 0 Å². The zero-order chi connectivity index (χ0) is 20.7. The molecule has 0 fully saturated rings. The Morgan fingerprint density at radius 1 is 0.893 bits per heavy atom. The summed E-state index contributed by atoms with van der Waals surface area (Å²) in [5.74, 6) is -0.455. The van der Waals surface area contributed by atoms with E-state index in [4.69, 9.17) is 0 Å². The molecule has 0 aliphatic rings. The number of carbonyl (C=O) groups is 2. The molecular formula is C23H29N3O2. The summed E-state index contributed by atoms with van der Waals surface area (Å²) < 4.78 is 0. The third-order valence-corrected chi connectivity index (χ3v) is 4.38. The van der Waals surface area contributed by atoms with E-state index in [-0.39, 0.29) is 17.2 Å². The normalized spacial score (nSPS) is 11.8. The first kappa shape index (κ1) is 21.4. The number of nitrogens with one attached hydrogen (secondary N) is 2. The largest absolute Gasteiger partial charge is 0.322 e. The van der Waals surface area contributed by atoms with Crippen LogP contribution < -0.4 is 10.7 Å². The Kier molecular flexibility index (Phi) is 7.10. The number of rotatable bonds is 6. The molecule has 2 rings (SSSR count). The summed E-state index contributed by atoms with van der Waals surface area (Å²) in [6.07, 6.45) is 1.83. The van der Waals surface area contributed by atoms with E-state index in [1.54, 1.807) is 24.3 Å². The predicted molar refractivity (Wildman–Crippen MR) is 115 cm³/mol. The van der Waals surface area contributed by atoms with E-state index >= 15 is 0 Å². The van der Waals surface area contributed by atoms with E-state index in [9.17, 15) is 9.59 Å². The second-order valence-corrected chi connectivity index (χ2v) is 7.90. The van der Waals surface area contributed by atoms with Crippen molar-refractivity contribution in [2.75, 3.05) is 5.32 Å². The summed E-state index contributed by atoms with van der Waals surface area (Å²) in [5.41, 5.74) is 6.37. The summed E-state index contributed by atoms with van der Waals surface area (Å²) in [4.78, 5) is 24.5. The molecule has 0 aliphatic heterocycles. The summed E-state index contributed by atoms with van der Waals surface area (Å²) >= 11 is 0. The van der Waals surface area contributed by atoms with Crippen LogP contribution in [0.4, 0.5) is 5.69 Å². The second-order valence-electron chi connectivity index (χ2n) is 7.90. The van der Waals surface area contributed by atoms with E-state index in [1.165, 1.54) is 5.56 Å². The molecule has 5 heteroatoms. The average Bonchev–Trinajstić information content (AvgIpc) is 2.66. The van der Waals surface area contributed by atoms with E-state index < -0.39 is 0 Å². The molecule has 2 aromatic carbocycles. The van der Waals surface area contributed by atoms with Gasteiger partial charge >= 0.3 is 0 Å². The van der Waals surface area contributed by atoms with Crippen molar-refractivity contribution in [2.24, 2.45) is 5.10 Å². The maximum Gasteiger partial charge on any atom is 0.271 e. The Morgan fingerprint density at radius 2 is 1.43 bits per heavy atom. The molecule has 0 spiro atoms. The van der Waals surface area contributed by atoms with Gasteiger partial charge in [-0.05, 0) is 60.7 Å². The highest BCUT2D eigenvalue weighted by Crippen LogP contribution is 2.22. The van der Waals surface area contributed by atoms with Crippen LogP contribution in [0.25, 0.3) is 0 Å². The van der Waals surface area contributed by atoms with Crippen molar-refractivity contribution < 1.29 is 9.59 Å². The second kappa shape index (κ2) is 9.31. The molecule has 2 N–H and O–H groups in total. The lowest BCUT2D eigenvalue weighted by Crippen LogP contribution is -2.19. The Balaban J connectivity index is 1.99. The molecule has 0 heterocycles. The van der Waals surface area contributed by atoms with Crippen LogP contribution >= 0.6 is 0 Å². The molecule has 0 aromatic heterocycles. The van der Waals surface area contributed by atoms with Gasteiger partial charge in [0.15, 0.2) is 0 Å². The smallest absolute Gasteiger partial charge is 0.271 e. The van der Waals surface area contributed by atoms with Crippen molar-refractivity contribution in [3.05, 3.63) is 65.2 Å². The number of benzene rings is 2. The maximum absolute atomic E-state index is 12.4. The number of hydrogen-bond acceptors (Lipinski definition) is 3. The highest BCUT2D eigenvalue weighted by atomic mass is 16.2. The van der Waals surface area contributed by atoms with E-state index in [0.717, 1.165) is 18.6 Å². The monoisotopic (exact) mass is 379 g/mol. The average molecular weight is 380 g/mol. The van der Waals surface area contributed by atoms with Crippen LogP contribution in [-0.4, -0.2) is 17.5 Å². The number of carbonyl (C=O) groups excluding carboxylic acids is 2. The van der Waals surface area contributed by atoms with Crippen molar-refractivity contribution in [1.29, 1.82) is 0 Å². The minimum absolute atomic E-state index is 0.0462. The van der Waals surface area contributed by atoms with Gasteiger partial charge in [-0.1, -0.05) is 46.2 Å². The van der Waals surface area contributed by atoms with E-state index in [1.807, 2.05) is 31.2 Å². The Bertz CT molecular complexity index is 845. The number of hydrogen-bond donors (Lipinski definition) is 2. The molecular weight excluding hydrogens is 350 g/mol. The lowest BCUT2D eigenvalue weighted by Gasteiger charge is -2.19. The third-order valence-electron chi connectivity index (χ3n) is 4.38. The van der Waals surface area contributed by atoms with Crippen molar-refractivity contribution in [3.63, 3.8) is 0 Å². The standard InChI is InChI=1S/C23H29N3O2/c1-6-7-16(2)25-26-22(28)18-10-14-20(15-11-18)24-21(27)17-8-12-19(13-9-17)23(3,4)5/h8-15H,6-7H2,1-5H3,(H,24,27)(H,26,28)/b25-16+. The Hall–Kier alpha value is -2.95. The molecule has 148 valence electrons. The molecule has 0 atom stereocenters. The first-order valence-electron chi connectivity index (χ1n) is 9.56. The summed E-state index contributed by atoms with van der Waals surface area (Å²) in [7, 11) is 0. The first-order chi connectivity index (χ1) is 13.2. The molecule has 0 bridgehead atoms. The van der Waals surface area contributed by atoms with Crippen molar-refractivity contribution in [3.8, 4) is 0 Å². The first-order valence-corrected chi connectivity index (χ1v) is 9.56. The molecule has 0 saturated carbocycles. The quantitative estimate of drug-likeness (QED) is 0.539. The zero-order valence-corrected chi connectivity index (χ0v) is 17.3. The SMILES string of the molecule is CCC/C(C)=N/NC(=O)c1ccc(NC(=O)c2ccc(C(C)(C)C)cc2)cc1. The molecule has 2 aromatic rings. The lowest BCUT2D eigenvalue weighted by atomic mass is 9.87. The fourth-order valence-electron chi connectivity index (χ4n) is 2.66. The van der Waals surface area contributed by atoms with Gasteiger partial charge in [-0.2, -0.15) is 5.10 Å². The lowest BCUT2D eigenvalue weighted by molar-refractivity contribution is 0.0954. The topological polar surface area (TPSA) is 70.6 Å². The molecule has 0 saturated heterocycles. The van der Waals surface area contributed by atoms with Crippen molar-refractivity contribution in [1.82, 2.24) is 5.43 Å². The van der Waals surface area contributed by atoms with Gasteiger partial charge in [-0.15, -0.1) is 0 Å². The van der Waals surface area contributed by atoms with Gasteiger partial charge in [-0.3, -0.25) is 9.59 Å². The minimum Gasteiger partial charge on any atom is -0.322 e. The van der Waals surface area contributed by atoms with Gasteiger partial charge in [0.1, 0.15) is 0 Å². The van der Waals surface area contributed by atoms with Gasteiger partial charge < -0.3 is 5.32 Å². The summed E-state index contributed by atoms with van der Waals surface area (Å²) in [6, 6.07) is 14.4. The zero-order valence-electron chi connectivity index (χ0n) is 17.3. The maximum atomic E-state index is 12.4. The van der Waals surface area contributed by atoms with Crippen LogP contribution in [0.3, 0.4) is 0 Å². The number of amides is 2. The predicted octanol–water partition coefficient (Wildman–Crippen LogP) is 5.14. The summed E-state index contributed by atoms with van der Waals surface area (Å²) in [6.45, 7) is 10.4. The molecule has 28 heavy (non-hydrogen) atoms.